The summed E-state index contributed by atoms with van der Waals surface area (Å²) >= 11 is 0. The summed E-state index contributed by atoms with van der Waals surface area (Å²) in [6, 6.07) is 0.820. The molecule has 1 saturated carbocycles. The normalized spacial score (nSPS) is 23.9. The van der Waals surface area contributed by atoms with E-state index in [0.29, 0.717) is 17.1 Å². The first kappa shape index (κ1) is 24.0. The van der Waals surface area contributed by atoms with Gasteiger partial charge in [-0.05, 0) is 31.0 Å². The Balaban J connectivity index is 1.47. The van der Waals surface area contributed by atoms with Crippen molar-refractivity contribution in [2.75, 3.05) is 5.32 Å². The number of aryl methyl sites for hydroxylation is 1. The van der Waals surface area contributed by atoms with Crippen LogP contribution in [0.1, 0.15) is 36.6 Å². The number of piperidine rings is 1. The third-order valence-electron chi connectivity index (χ3n) is 6.38. The standard InChI is InChI=1S/C20H16F7N7O2/c1-9-30-31-16(36-9)18-6-10(19(22,23)24)4-12(7-18)33(18)17(35)29-11-2-3-13(20(25,26)27)14(5-11)34-28-8-15(21)32-34/h2-3,5,8,10,12H,4,6-7H2,1H3,(H,29,35)/t10-,12-,18+/m0/s1. The number of aromatic nitrogens is 5. The number of nitrogens with one attached hydrogen (secondary N) is 1. The molecule has 5 rings (SSSR count). The monoisotopic (exact) mass is 519 g/mol. The van der Waals surface area contributed by atoms with Gasteiger partial charge < -0.3 is 14.6 Å². The Bertz CT molecular complexity index is 1320. The number of urea groups is 1. The summed E-state index contributed by atoms with van der Waals surface area (Å²) in [5.74, 6) is -2.87. The summed E-state index contributed by atoms with van der Waals surface area (Å²) < 4.78 is 99.7. The van der Waals surface area contributed by atoms with Crippen molar-refractivity contribution in [2.45, 2.75) is 50.1 Å². The van der Waals surface area contributed by atoms with Crippen molar-refractivity contribution in [3.05, 3.63) is 47.7 Å². The van der Waals surface area contributed by atoms with Gasteiger partial charge in [-0.25, -0.2) is 4.79 Å². The molecule has 3 atom stereocenters. The van der Waals surface area contributed by atoms with Crippen LogP contribution in [0.2, 0.25) is 0 Å². The molecule has 192 valence electrons. The number of anilines is 1. The molecule has 1 aromatic carbocycles. The first-order valence-corrected chi connectivity index (χ1v) is 10.5. The molecule has 2 bridgehead atoms. The minimum absolute atomic E-state index is 0.101. The van der Waals surface area contributed by atoms with Crippen molar-refractivity contribution in [1.29, 1.82) is 0 Å². The van der Waals surface area contributed by atoms with Gasteiger partial charge in [0.25, 0.3) is 5.95 Å². The minimum Gasteiger partial charge on any atom is -0.423 e. The number of carbonyl (C=O) groups is 1. The fourth-order valence-electron chi connectivity index (χ4n) is 4.94. The van der Waals surface area contributed by atoms with E-state index >= 15 is 0 Å². The van der Waals surface area contributed by atoms with Crippen LogP contribution >= 0.6 is 0 Å². The van der Waals surface area contributed by atoms with Gasteiger partial charge in [0.2, 0.25) is 11.8 Å². The van der Waals surface area contributed by atoms with Crippen LogP contribution in [0.15, 0.2) is 28.8 Å². The summed E-state index contributed by atoms with van der Waals surface area (Å²) in [6.45, 7) is 1.45. The summed E-state index contributed by atoms with van der Waals surface area (Å²) in [5.41, 5.74) is -3.51. The number of nitrogens with zero attached hydrogens (tertiary/aromatic N) is 6. The quantitative estimate of drug-likeness (QED) is 0.508. The second-order valence-electron chi connectivity index (χ2n) is 8.68. The average molecular weight is 519 g/mol. The molecule has 2 aliphatic rings. The van der Waals surface area contributed by atoms with Crippen molar-refractivity contribution in [1.82, 2.24) is 30.1 Å². The zero-order chi connectivity index (χ0) is 26.0. The van der Waals surface area contributed by atoms with Gasteiger partial charge in [0, 0.05) is 25.1 Å². The van der Waals surface area contributed by atoms with E-state index in [4.69, 9.17) is 4.42 Å². The van der Waals surface area contributed by atoms with Crippen molar-refractivity contribution in [3.63, 3.8) is 0 Å². The lowest BCUT2D eigenvalue weighted by molar-refractivity contribution is -0.229. The number of alkyl halides is 6. The number of hydrogen-bond acceptors (Lipinski definition) is 6. The molecule has 1 aliphatic carbocycles. The Morgan fingerprint density at radius 3 is 2.50 bits per heavy atom. The average Bonchev–Trinajstić information content (AvgIpc) is 3.40. The third-order valence-corrected chi connectivity index (χ3v) is 6.38. The van der Waals surface area contributed by atoms with Crippen LogP contribution in [0.4, 0.5) is 41.2 Å². The Kier molecular flexibility index (Phi) is 5.26. The van der Waals surface area contributed by atoms with Crippen LogP contribution in [-0.4, -0.2) is 48.3 Å². The fraction of sp³-hybridized carbons (Fsp3) is 0.450. The zero-order valence-electron chi connectivity index (χ0n) is 18.2. The molecule has 1 N–H and O–H groups in total. The predicted molar refractivity (Wildman–Crippen MR) is 105 cm³/mol. The maximum Gasteiger partial charge on any atom is 0.418 e. The molecule has 2 amide bonds. The fourth-order valence-corrected chi connectivity index (χ4v) is 4.94. The van der Waals surface area contributed by atoms with Crippen LogP contribution in [0, 0.1) is 18.8 Å². The lowest BCUT2D eigenvalue weighted by Crippen LogP contribution is -2.71. The van der Waals surface area contributed by atoms with Gasteiger partial charge in [-0.1, -0.05) is 0 Å². The first-order valence-electron chi connectivity index (χ1n) is 10.5. The number of halogens is 7. The van der Waals surface area contributed by atoms with E-state index in [2.05, 4.69) is 25.7 Å². The largest absolute Gasteiger partial charge is 0.423 e. The lowest BCUT2D eigenvalue weighted by atomic mass is 9.63. The molecular weight excluding hydrogens is 503 g/mol. The molecule has 0 spiro atoms. The van der Waals surface area contributed by atoms with E-state index in [0.717, 1.165) is 17.0 Å². The van der Waals surface area contributed by atoms with Gasteiger partial charge in [0.15, 0.2) is 0 Å². The van der Waals surface area contributed by atoms with Crippen molar-refractivity contribution >= 4 is 11.7 Å². The van der Waals surface area contributed by atoms with Crippen LogP contribution in [0.25, 0.3) is 5.69 Å². The molecule has 9 nitrogen and oxygen atoms in total. The summed E-state index contributed by atoms with van der Waals surface area (Å²) in [5, 5.41) is 16.6. The van der Waals surface area contributed by atoms with E-state index < -0.39 is 59.5 Å². The van der Waals surface area contributed by atoms with Gasteiger partial charge in [-0.3, -0.25) is 0 Å². The van der Waals surface area contributed by atoms with Crippen molar-refractivity contribution in [3.8, 4) is 5.69 Å². The van der Waals surface area contributed by atoms with Gasteiger partial charge in [0.05, 0.1) is 11.5 Å². The van der Waals surface area contributed by atoms with E-state index in [9.17, 15) is 35.5 Å². The second kappa shape index (κ2) is 7.89. The molecule has 0 radical (unpaired) electrons. The Hall–Kier alpha value is -3.72. The predicted octanol–water partition coefficient (Wildman–Crippen LogP) is 4.59. The van der Waals surface area contributed by atoms with E-state index in [1.54, 1.807) is 0 Å². The summed E-state index contributed by atoms with van der Waals surface area (Å²) in [7, 11) is 0. The maximum absolute atomic E-state index is 13.5. The molecule has 2 aromatic heterocycles. The van der Waals surface area contributed by atoms with Crippen molar-refractivity contribution < 1.29 is 39.9 Å². The number of fused-ring (bicyclic) bond motifs is 2. The van der Waals surface area contributed by atoms with Crippen molar-refractivity contribution in [2.24, 2.45) is 5.92 Å². The molecule has 36 heavy (non-hydrogen) atoms. The smallest absolute Gasteiger partial charge is 0.418 e. The topological polar surface area (TPSA) is 102 Å². The first-order chi connectivity index (χ1) is 16.8. The van der Waals surface area contributed by atoms with Crippen LogP contribution in [0.3, 0.4) is 0 Å². The van der Waals surface area contributed by atoms with Crippen LogP contribution in [-0.2, 0) is 11.7 Å². The molecule has 3 aromatic rings. The SMILES string of the molecule is Cc1nnc([C@]23C[C@H](C[C@H](C(F)(F)F)C2)N3C(=O)Nc2ccc(C(F)(F)F)c(-n3ncc(F)n3)c2)o1. The number of carbonyl (C=O) groups excluding carboxylic acids is 1. The Morgan fingerprint density at radius 2 is 1.92 bits per heavy atom. The Morgan fingerprint density at radius 1 is 1.17 bits per heavy atom. The van der Waals surface area contributed by atoms with E-state index in [-0.39, 0.29) is 30.3 Å². The number of benzene rings is 1. The van der Waals surface area contributed by atoms with Crippen LogP contribution in [0.5, 0.6) is 0 Å². The maximum atomic E-state index is 13.5. The molecule has 0 unspecified atom stereocenters. The van der Waals surface area contributed by atoms with E-state index in [1.165, 1.54) is 6.92 Å². The third kappa shape index (κ3) is 3.93. The molecule has 3 heterocycles. The lowest BCUT2D eigenvalue weighted by Gasteiger charge is -2.61. The molecule has 1 aliphatic heterocycles. The number of amides is 2. The minimum atomic E-state index is -4.84. The zero-order valence-corrected chi connectivity index (χ0v) is 18.2. The highest BCUT2D eigenvalue weighted by Gasteiger charge is 2.66. The number of rotatable bonds is 3. The van der Waals surface area contributed by atoms with E-state index in [1.807, 2.05) is 0 Å². The molecule has 16 heteroatoms. The number of likely N-dealkylation sites (tertiary alicyclic amines) is 1. The summed E-state index contributed by atoms with van der Waals surface area (Å²) in [6.07, 6.45) is -9.43. The Labute approximate surface area is 197 Å². The van der Waals surface area contributed by atoms with Gasteiger partial charge in [-0.2, -0.15) is 35.8 Å². The highest BCUT2D eigenvalue weighted by Crippen LogP contribution is 2.58. The highest BCUT2D eigenvalue weighted by molar-refractivity contribution is 5.91. The highest BCUT2D eigenvalue weighted by atomic mass is 19.4. The molecular formula is C20H16F7N7O2. The number of hydrogen-bond donors (Lipinski definition) is 1. The molecule has 2 fully saturated rings. The van der Waals surface area contributed by atoms with Crippen LogP contribution < -0.4 is 5.32 Å². The second-order valence-corrected chi connectivity index (χ2v) is 8.68. The van der Waals surface area contributed by atoms with Gasteiger partial charge >= 0.3 is 18.4 Å². The molecule has 1 saturated heterocycles. The van der Waals surface area contributed by atoms with Gasteiger partial charge in [0.1, 0.15) is 17.4 Å². The summed E-state index contributed by atoms with van der Waals surface area (Å²) in [4.78, 5) is 14.8. The van der Waals surface area contributed by atoms with Gasteiger partial charge in [-0.15, -0.1) is 20.1 Å².